The lowest BCUT2D eigenvalue weighted by Gasteiger charge is -2.50. The Labute approximate surface area is 568 Å². The summed E-state index contributed by atoms with van der Waals surface area (Å²) in [5.74, 6) is -6.11. The van der Waals surface area contributed by atoms with Gasteiger partial charge in [-0.1, -0.05) is 237 Å². The number of hydrogen-bond acceptors (Lipinski definition) is 20. The first-order valence-corrected chi connectivity index (χ1v) is 37.2. The van der Waals surface area contributed by atoms with Crippen LogP contribution in [0.5, 0.6) is 0 Å². The predicted octanol–water partition coefficient (Wildman–Crippen LogP) is 8.01. The van der Waals surface area contributed by atoms with E-state index in [1.807, 2.05) is 0 Å². The Balaban J connectivity index is 1.55. The van der Waals surface area contributed by atoms with Crippen LogP contribution in [0.2, 0.25) is 0 Å². The summed E-state index contributed by atoms with van der Waals surface area (Å²) >= 11 is 0. The number of allylic oxidation sites excluding steroid dienone is 4. The number of aliphatic hydroxyl groups excluding tert-OH is 11. The van der Waals surface area contributed by atoms with Gasteiger partial charge in [-0.15, -0.1) is 0 Å². The number of unbranched alkanes of at least 4 members (excludes halogenated alkanes) is 33. The van der Waals surface area contributed by atoms with Crippen molar-refractivity contribution < 1.29 is 104 Å². The number of carboxylic acid groups (broad SMARTS) is 1. The van der Waals surface area contributed by atoms with E-state index >= 15 is 0 Å². The maximum Gasteiger partial charge on any atom is 0.364 e. The van der Waals surface area contributed by atoms with Gasteiger partial charge in [0.15, 0.2) is 12.6 Å². The molecule has 3 aliphatic heterocycles. The molecule has 0 saturated carbocycles. The lowest BCUT2D eigenvalue weighted by molar-refractivity contribution is -0.386. The largest absolute Gasteiger partial charge is 0.477 e. The van der Waals surface area contributed by atoms with Gasteiger partial charge in [0.1, 0.15) is 67.1 Å². The lowest BCUT2D eigenvalue weighted by atomic mass is 9.88. The Bertz CT molecular complexity index is 2010. The highest BCUT2D eigenvalue weighted by Gasteiger charge is 2.60. The molecule has 23 heteroatoms. The van der Waals surface area contributed by atoms with Crippen LogP contribution < -0.4 is 10.6 Å². The van der Waals surface area contributed by atoms with Gasteiger partial charge in [-0.2, -0.15) is 0 Å². The fraction of sp³-hybridized carbons (Fsp3) is 0.903. The fourth-order valence-corrected chi connectivity index (χ4v) is 13.0. The predicted molar refractivity (Wildman–Crippen MR) is 361 cm³/mol. The second kappa shape index (κ2) is 52.2. The molecule has 556 valence electrons. The Morgan fingerprint density at radius 2 is 1.01 bits per heavy atom. The van der Waals surface area contributed by atoms with Gasteiger partial charge in [-0.3, -0.25) is 9.59 Å². The molecule has 0 aromatic rings. The van der Waals surface area contributed by atoms with E-state index in [4.69, 9.17) is 28.4 Å². The van der Waals surface area contributed by atoms with Gasteiger partial charge in [-0.05, 0) is 44.9 Å². The molecule has 14 N–H and O–H groups in total. The van der Waals surface area contributed by atoms with Crippen LogP contribution in [0.15, 0.2) is 24.3 Å². The molecule has 3 heterocycles. The minimum absolute atomic E-state index is 0.215. The molecule has 3 aliphatic rings. The number of carboxylic acids is 1. The van der Waals surface area contributed by atoms with Crippen molar-refractivity contribution in [1.82, 2.24) is 10.6 Å². The van der Waals surface area contributed by atoms with E-state index in [0.29, 0.717) is 19.3 Å². The normalized spacial score (nSPS) is 27.8. The van der Waals surface area contributed by atoms with Crippen LogP contribution in [0.4, 0.5) is 0 Å². The molecule has 23 nitrogen and oxygen atoms in total. The molecule has 0 radical (unpaired) electrons. The lowest BCUT2D eigenvalue weighted by Crippen LogP contribution is -2.70. The van der Waals surface area contributed by atoms with Crippen molar-refractivity contribution in [3.8, 4) is 0 Å². The Hall–Kier alpha value is -2.79. The standard InChI is InChI=1S/C72H132N2O21/c1-4-6-8-10-12-14-16-18-20-22-23-24-25-26-27-28-30-31-33-35-37-39-41-43-45-54(79)53(74-59(82)46-44-42-40-38-36-34-32-29-21-19-17-15-13-11-9-7-5-2)51-90-69-64(86)63(85)66(58(50-77)92-69)93-70-65(87)68(62(84)57(49-76)91-70)95-72(71(88)89)47-55(80)60(73-52(3)78)67(94-72)61(83)56(81)48-75/h13,15,19,21,53-58,60-70,75-77,79-81,83-87H,4-12,14,16-18,20,22-51H2,1-3H3,(H,73,78)(H,74,82)(H,88,89)/b15-13-,21-19-. The fourth-order valence-electron chi connectivity index (χ4n) is 13.0. The van der Waals surface area contributed by atoms with Crippen molar-refractivity contribution in [3.05, 3.63) is 24.3 Å². The smallest absolute Gasteiger partial charge is 0.364 e. The van der Waals surface area contributed by atoms with Gasteiger partial charge in [0.25, 0.3) is 5.79 Å². The summed E-state index contributed by atoms with van der Waals surface area (Å²) in [7, 11) is 0. The molecule has 0 aliphatic carbocycles. The highest BCUT2D eigenvalue weighted by atomic mass is 16.8. The summed E-state index contributed by atoms with van der Waals surface area (Å²) in [5.41, 5.74) is 0. The summed E-state index contributed by atoms with van der Waals surface area (Å²) in [5, 5.41) is 136. The third-order valence-electron chi connectivity index (χ3n) is 18.9. The molecule has 3 fully saturated rings. The number of aliphatic carboxylic acids is 1. The minimum atomic E-state index is -3.08. The average Bonchev–Trinajstić information content (AvgIpc) is 0.758. The highest BCUT2D eigenvalue weighted by molar-refractivity contribution is 5.77. The van der Waals surface area contributed by atoms with Crippen LogP contribution >= 0.6 is 0 Å². The summed E-state index contributed by atoms with van der Waals surface area (Å²) in [4.78, 5) is 38.6. The second-order valence-electron chi connectivity index (χ2n) is 27.2. The van der Waals surface area contributed by atoms with E-state index < -0.39 is 148 Å². The van der Waals surface area contributed by atoms with Crippen LogP contribution in [0, 0.1) is 0 Å². The molecule has 3 saturated heterocycles. The zero-order chi connectivity index (χ0) is 69.6. The Morgan fingerprint density at radius 3 is 1.49 bits per heavy atom. The maximum absolute atomic E-state index is 13.5. The molecular weight excluding hydrogens is 1230 g/mol. The first kappa shape index (κ1) is 86.4. The van der Waals surface area contributed by atoms with Crippen LogP contribution in [0.1, 0.15) is 278 Å². The van der Waals surface area contributed by atoms with E-state index in [-0.39, 0.29) is 18.9 Å². The van der Waals surface area contributed by atoms with E-state index in [1.165, 1.54) is 141 Å². The topological polar surface area (TPSA) is 373 Å². The number of aliphatic hydroxyl groups is 11. The number of hydrogen-bond donors (Lipinski definition) is 14. The number of nitrogens with one attached hydrogen (secondary N) is 2. The molecule has 0 bridgehead atoms. The maximum atomic E-state index is 13.5. The summed E-state index contributed by atoms with van der Waals surface area (Å²) in [6.45, 7) is 2.19. The molecule has 2 amide bonds. The Morgan fingerprint density at radius 1 is 0.547 bits per heavy atom. The van der Waals surface area contributed by atoms with Crippen molar-refractivity contribution >= 4 is 17.8 Å². The first-order valence-electron chi connectivity index (χ1n) is 37.2. The molecular formula is C72H132N2O21. The highest BCUT2D eigenvalue weighted by Crippen LogP contribution is 2.39. The first-order chi connectivity index (χ1) is 45.9. The van der Waals surface area contributed by atoms with Crippen LogP contribution in [-0.2, 0) is 42.8 Å². The molecule has 0 aromatic carbocycles. The average molecular weight is 1360 g/mol. The van der Waals surface area contributed by atoms with Crippen LogP contribution in [-0.4, -0.2) is 215 Å². The zero-order valence-electron chi connectivity index (χ0n) is 58.3. The Kier molecular flexibility index (Phi) is 47.5. The monoisotopic (exact) mass is 1360 g/mol. The minimum Gasteiger partial charge on any atom is -0.477 e. The van der Waals surface area contributed by atoms with Crippen molar-refractivity contribution in [2.45, 2.75) is 387 Å². The van der Waals surface area contributed by atoms with Crippen molar-refractivity contribution in [3.63, 3.8) is 0 Å². The van der Waals surface area contributed by atoms with E-state index in [9.17, 15) is 75.7 Å². The molecule has 0 aromatic heterocycles. The van der Waals surface area contributed by atoms with Crippen LogP contribution in [0.25, 0.3) is 0 Å². The molecule has 18 unspecified atom stereocenters. The van der Waals surface area contributed by atoms with E-state index in [1.54, 1.807) is 0 Å². The zero-order valence-corrected chi connectivity index (χ0v) is 58.3. The van der Waals surface area contributed by atoms with Crippen molar-refractivity contribution in [1.29, 1.82) is 0 Å². The quantitative estimate of drug-likeness (QED) is 0.0202. The van der Waals surface area contributed by atoms with Crippen molar-refractivity contribution in [2.75, 3.05) is 26.4 Å². The van der Waals surface area contributed by atoms with E-state index in [0.717, 1.165) is 90.4 Å². The van der Waals surface area contributed by atoms with Gasteiger partial charge >= 0.3 is 5.97 Å². The number of carbonyl (C=O) groups excluding carboxylic acids is 2. The van der Waals surface area contributed by atoms with Crippen molar-refractivity contribution in [2.24, 2.45) is 0 Å². The number of ether oxygens (including phenoxy) is 6. The van der Waals surface area contributed by atoms with Gasteiger partial charge in [0.2, 0.25) is 11.8 Å². The summed E-state index contributed by atoms with van der Waals surface area (Å²) in [6.07, 6.45) is 24.6. The molecule has 0 spiro atoms. The summed E-state index contributed by atoms with van der Waals surface area (Å²) in [6, 6.07) is -2.54. The third-order valence-corrected chi connectivity index (χ3v) is 18.9. The van der Waals surface area contributed by atoms with Gasteiger partial charge < -0.3 is 100 Å². The third kappa shape index (κ3) is 34.0. The molecule has 95 heavy (non-hydrogen) atoms. The van der Waals surface area contributed by atoms with Gasteiger partial charge in [0, 0.05) is 19.8 Å². The van der Waals surface area contributed by atoms with E-state index in [2.05, 4.69) is 48.8 Å². The number of rotatable bonds is 57. The number of amides is 2. The van der Waals surface area contributed by atoms with Gasteiger partial charge in [0.05, 0.1) is 50.7 Å². The van der Waals surface area contributed by atoms with Crippen LogP contribution in [0.3, 0.4) is 0 Å². The molecule has 18 atom stereocenters. The SMILES string of the molecule is CCCCC/C=C\C/C=C\CCCCCCCCCC(=O)NC(COC1OC(CO)C(OC2OC(CO)C(O)C(OC3(C(=O)O)CC(O)C(NC(C)=O)C(C(O)C(O)CO)O3)C2O)C(O)C1O)C(O)CCCCCCCCCCCCCCCCCCCCCCCCCC. The van der Waals surface area contributed by atoms with Gasteiger partial charge in [-0.25, -0.2) is 4.79 Å². The number of carbonyl (C=O) groups is 3. The summed E-state index contributed by atoms with van der Waals surface area (Å²) < 4.78 is 34.9. The molecule has 3 rings (SSSR count). The second-order valence-corrected chi connectivity index (χ2v) is 27.2.